The van der Waals surface area contributed by atoms with Gasteiger partial charge >= 0.3 is 0 Å². The summed E-state index contributed by atoms with van der Waals surface area (Å²) in [4.78, 5) is 13.1. The Kier molecular flexibility index (Phi) is 4.96. The molecule has 152 valence electrons. The highest BCUT2D eigenvalue weighted by Gasteiger charge is 2.20. The SMILES string of the molecule is CS(=O)(=O)c1ccc(NC(=O)c2cnn(-c3ccc(F)cc3)c2-n2cccc2)cc1. The topological polar surface area (TPSA) is 86.0 Å². The van der Waals surface area contributed by atoms with E-state index in [-0.39, 0.29) is 10.7 Å². The van der Waals surface area contributed by atoms with Crippen molar-refractivity contribution in [2.75, 3.05) is 11.6 Å². The molecule has 4 aromatic rings. The van der Waals surface area contributed by atoms with Crippen LogP contribution in [0.3, 0.4) is 0 Å². The number of anilines is 1. The molecule has 0 fully saturated rings. The molecule has 1 amide bonds. The van der Waals surface area contributed by atoms with Crippen molar-refractivity contribution in [1.29, 1.82) is 0 Å². The fourth-order valence-corrected chi connectivity index (χ4v) is 3.61. The molecule has 0 saturated heterocycles. The van der Waals surface area contributed by atoms with Crippen LogP contribution in [0.2, 0.25) is 0 Å². The summed E-state index contributed by atoms with van der Waals surface area (Å²) in [5.74, 6) is -0.306. The van der Waals surface area contributed by atoms with Crippen LogP contribution in [-0.4, -0.2) is 34.9 Å². The molecule has 0 spiro atoms. The lowest BCUT2D eigenvalue weighted by Crippen LogP contribution is -2.15. The molecule has 0 aliphatic carbocycles. The summed E-state index contributed by atoms with van der Waals surface area (Å²) in [7, 11) is -3.32. The van der Waals surface area contributed by atoms with Gasteiger partial charge in [0.25, 0.3) is 5.91 Å². The van der Waals surface area contributed by atoms with Crippen molar-refractivity contribution in [2.45, 2.75) is 4.90 Å². The van der Waals surface area contributed by atoms with Gasteiger partial charge in [-0.25, -0.2) is 17.5 Å². The summed E-state index contributed by atoms with van der Waals surface area (Å²) in [6, 6.07) is 15.3. The number of benzene rings is 2. The average molecular weight is 424 g/mol. The van der Waals surface area contributed by atoms with Crippen LogP contribution in [0.5, 0.6) is 0 Å². The van der Waals surface area contributed by atoms with E-state index in [1.54, 1.807) is 33.8 Å². The fourth-order valence-electron chi connectivity index (χ4n) is 2.98. The second kappa shape index (κ2) is 7.60. The lowest BCUT2D eigenvalue weighted by molar-refractivity contribution is 0.102. The molecule has 0 aliphatic rings. The summed E-state index contributed by atoms with van der Waals surface area (Å²) in [6.45, 7) is 0. The number of hydrogen-bond donors (Lipinski definition) is 1. The van der Waals surface area contributed by atoms with Gasteiger partial charge in [-0.1, -0.05) is 0 Å². The molecule has 0 atom stereocenters. The van der Waals surface area contributed by atoms with Crippen molar-refractivity contribution in [3.05, 3.63) is 90.6 Å². The number of halogens is 1. The molecule has 30 heavy (non-hydrogen) atoms. The van der Waals surface area contributed by atoms with E-state index < -0.39 is 15.7 Å². The summed E-state index contributed by atoms with van der Waals surface area (Å²) < 4.78 is 39.8. The van der Waals surface area contributed by atoms with Crippen LogP contribution in [0.15, 0.2) is 84.1 Å². The zero-order valence-electron chi connectivity index (χ0n) is 15.9. The van der Waals surface area contributed by atoms with E-state index >= 15 is 0 Å². The van der Waals surface area contributed by atoms with E-state index in [2.05, 4.69) is 10.4 Å². The van der Waals surface area contributed by atoms with Gasteiger partial charge in [-0.3, -0.25) is 4.79 Å². The molecule has 7 nitrogen and oxygen atoms in total. The van der Waals surface area contributed by atoms with Crippen LogP contribution in [0.4, 0.5) is 10.1 Å². The highest BCUT2D eigenvalue weighted by molar-refractivity contribution is 7.90. The van der Waals surface area contributed by atoms with Gasteiger partial charge < -0.3 is 9.88 Å². The standard InChI is InChI=1S/C21H17FN4O3S/c1-30(28,29)18-10-6-16(7-11-18)24-20(27)19-14-23-26(17-8-4-15(22)5-9-17)21(19)25-12-2-3-13-25/h2-14H,1H3,(H,24,27). The van der Waals surface area contributed by atoms with Gasteiger partial charge in [-0.2, -0.15) is 5.10 Å². The summed E-state index contributed by atoms with van der Waals surface area (Å²) in [6.07, 6.45) is 6.09. The third-order valence-electron chi connectivity index (χ3n) is 4.45. The van der Waals surface area contributed by atoms with Crippen molar-refractivity contribution in [3.8, 4) is 11.5 Å². The summed E-state index contributed by atoms with van der Waals surface area (Å²) in [5.41, 5.74) is 1.33. The van der Waals surface area contributed by atoms with Gasteiger partial charge in [0.05, 0.1) is 16.8 Å². The Hall–Kier alpha value is -3.72. The van der Waals surface area contributed by atoms with Gasteiger partial charge in [-0.05, 0) is 60.7 Å². The Labute approximate surface area is 172 Å². The van der Waals surface area contributed by atoms with Crippen molar-refractivity contribution < 1.29 is 17.6 Å². The average Bonchev–Trinajstić information content (AvgIpc) is 3.38. The molecule has 0 radical (unpaired) electrons. The number of hydrogen-bond acceptors (Lipinski definition) is 4. The van der Waals surface area contributed by atoms with Gasteiger partial charge in [0.1, 0.15) is 11.4 Å². The molecule has 1 N–H and O–H groups in total. The van der Waals surface area contributed by atoms with Crippen molar-refractivity contribution >= 4 is 21.4 Å². The van der Waals surface area contributed by atoms with Crippen LogP contribution in [-0.2, 0) is 9.84 Å². The Morgan fingerprint density at radius 2 is 1.63 bits per heavy atom. The first-order valence-electron chi connectivity index (χ1n) is 8.92. The van der Waals surface area contributed by atoms with E-state index in [0.29, 0.717) is 22.8 Å². The highest BCUT2D eigenvalue weighted by atomic mass is 32.2. The van der Waals surface area contributed by atoms with Crippen LogP contribution >= 0.6 is 0 Å². The van der Waals surface area contributed by atoms with E-state index in [1.807, 2.05) is 12.1 Å². The first kappa shape index (κ1) is 19.6. The van der Waals surface area contributed by atoms with Gasteiger partial charge in [0, 0.05) is 24.3 Å². The summed E-state index contributed by atoms with van der Waals surface area (Å²) in [5, 5.41) is 7.07. The predicted molar refractivity (Wildman–Crippen MR) is 110 cm³/mol. The number of sulfone groups is 1. The van der Waals surface area contributed by atoms with Gasteiger partial charge in [0.15, 0.2) is 15.7 Å². The number of aromatic nitrogens is 3. The number of carbonyl (C=O) groups excluding carboxylic acids is 1. The van der Waals surface area contributed by atoms with E-state index in [1.165, 1.54) is 42.6 Å². The number of nitrogens with one attached hydrogen (secondary N) is 1. The molecule has 0 saturated carbocycles. The third kappa shape index (κ3) is 3.87. The number of rotatable bonds is 5. The Bertz CT molecular complexity index is 1290. The van der Waals surface area contributed by atoms with Crippen molar-refractivity contribution in [3.63, 3.8) is 0 Å². The number of carbonyl (C=O) groups is 1. The van der Waals surface area contributed by atoms with Crippen molar-refractivity contribution in [2.24, 2.45) is 0 Å². The zero-order valence-corrected chi connectivity index (χ0v) is 16.7. The van der Waals surface area contributed by atoms with Gasteiger partial charge in [-0.15, -0.1) is 0 Å². The van der Waals surface area contributed by atoms with Crippen LogP contribution in [0, 0.1) is 5.82 Å². The quantitative estimate of drug-likeness (QED) is 0.532. The molecule has 0 bridgehead atoms. The second-order valence-electron chi connectivity index (χ2n) is 6.61. The Morgan fingerprint density at radius 3 is 2.23 bits per heavy atom. The first-order chi connectivity index (χ1) is 14.3. The molecule has 0 aliphatic heterocycles. The van der Waals surface area contributed by atoms with E-state index in [9.17, 15) is 17.6 Å². The van der Waals surface area contributed by atoms with E-state index in [4.69, 9.17) is 0 Å². The van der Waals surface area contributed by atoms with Crippen LogP contribution < -0.4 is 5.32 Å². The lowest BCUT2D eigenvalue weighted by Gasteiger charge is -2.11. The minimum atomic E-state index is -3.32. The maximum atomic E-state index is 13.3. The first-order valence-corrected chi connectivity index (χ1v) is 10.8. The largest absolute Gasteiger partial charge is 0.322 e. The molecule has 9 heteroatoms. The molecular formula is C21H17FN4O3S. The third-order valence-corrected chi connectivity index (χ3v) is 5.58. The number of nitrogens with zero attached hydrogens (tertiary/aromatic N) is 3. The molecule has 2 heterocycles. The monoisotopic (exact) mass is 424 g/mol. The highest BCUT2D eigenvalue weighted by Crippen LogP contribution is 2.22. The smallest absolute Gasteiger partial charge is 0.261 e. The Balaban J connectivity index is 1.70. The number of amides is 1. The van der Waals surface area contributed by atoms with Crippen molar-refractivity contribution in [1.82, 2.24) is 14.3 Å². The van der Waals surface area contributed by atoms with Gasteiger partial charge in [0.2, 0.25) is 0 Å². The molecular weight excluding hydrogens is 407 g/mol. The molecule has 2 aromatic carbocycles. The summed E-state index contributed by atoms with van der Waals surface area (Å²) >= 11 is 0. The Morgan fingerprint density at radius 1 is 1.00 bits per heavy atom. The lowest BCUT2D eigenvalue weighted by atomic mass is 10.2. The van der Waals surface area contributed by atoms with Crippen LogP contribution in [0.1, 0.15) is 10.4 Å². The second-order valence-corrected chi connectivity index (χ2v) is 8.63. The maximum Gasteiger partial charge on any atom is 0.261 e. The normalized spacial score (nSPS) is 11.4. The maximum absolute atomic E-state index is 13.3. The predicted octanol–water partition coefficient (Wildman–Crippen LogP) is 3.46. The van der Waals surface area contributed by atoms with Crippen LogP contribution in [0.25, 0.3) is 11.5 Å². The molecule has 0 unspecified atom stereocenters. The minimum Gasteiger partial charge on any atom is -0.322 e. The zero-order chi connectivity index (χ0) is 21.3. The minimum absolute atomic E-state index is 0.164. The fraction of sp³-hybridized carbons (Fsp3) is 0.0476. The molecule has 4 rings (SSSR count). The molecule has 2 aromatic heterocycles. The van der Waals surface area contributed by atoms with E-state index in [0.717, 1.165) is 6.26 Å².